The predicted octanol–water partition coefficient (Wildman–Crippen LogP) is 3.49. The molecule has 26 heavy (non-hydrogen) atoms. The highest BCUT2D eigenvalue weighted by Crippen LogP contribution is 2.25. The molecule has 130 valence electrons. The number of nitrogens with one attached hydrogen (secondary N) is 2. The highest BCUT2D eigenvalue weighted by molar-refractivity contribution is 6.14. The van der Waals surface area contributed by atoms with Crippen molar-refractivity contribution in [1.29, 1.82) is 0 Å². The third kappa shape index (κ3) is 2.88. The van der Waals surface area contributed by atoms with Crippen molar-refractivity contribution in [2.24, 2.45) is 0 Å². The predicted molar refractivity (Wildman–Crippen MR) is 102 cm³/mol. The van der Waals surface area contributed by atoms with E-state index in [0.717, 1.165) is 23.0 Å². The number of rotatable bonds is 3. The maximum absolute atomic E-state index is 11.8. The SMILES string of the molecule is Cc1ccc(Cn2cc(/C=C3\NC(=O)NC3=O)c3ccccc32)c(C)c1. The molecular formula is C21H19N3O2. The number of aromatic nitrogens is 1. The molecule has 3 aromatic rings. The Morgan fingerprint density at radius 1 is 1.04 bits per heavy atom. The fourth-order valence-corrected chi connectivity index (χ4v) is 3.37. The summed E-state index contributed by atoms with van der Waals surface area (Å²) in [6.45, 7) is 4.96. The van der Waals surface area contributed by atoms with Crippen molar-refractivity contribution >= 4 is 28.9 Å². The molecule has 1 aliphatic heterocycles. The van der Waals surface area contributed by atoms with Gasteiger partial charge in [0, 0.05) is 29.2 Å². The number of carbonyl (C=O) groups excluding carboxylic acids is 2. The average molecular weight is 345 g/mol. The van der Waals surface area contributed by atoms with E-state index >= 15 is 0 Å². The van der Waals surface area contributed by atoms with Crippen LogP contribution in [0.3, 0.4) is 0 Å². The largest absolute Gasteiger partial charge is 0.342 e. The molecule has 0 aliphatic carbocycles. The number of nitrogens with zero attached hydrogens (tertiary/aromatic N) is 1. The zero-order chi connectivity index (χ0) is 18.3. The monoisotopic (exact) mass is 345 g/mol. The van der Waals surface area contributed by atoms with Crippen molar-refractivity contribution in [1.82, 2.24) is 15.2 Å². The van der Waals surface area contributed by atoms with Crippen LogP contribution in [-0.2, 0) is 11.3 Å². The molecule has 2 aromatic carbocycles. The normalized spacial score (nSPS) is 15.5. The molecule has 0 bridgehead atoms. The number of hydrogen-bond donors (Lipinski definition) is 2. The van der Waals surface area contributed by atoms with Gasteiger partial charge in [-0.3, -0.25) is 10.1 Å². The van der Waals surface area contributed by atoms with E-state index in [-0.39, 0.29) is 5.70 Å². The number of hydrogen-bond acceptors (Lipinski definition) is 2. The lowest BCUT2D eigenvalue weighted by Gasteiger charge is -2.09. The summed E-state index contributed by atoms with van der Waals surface area (Å²) in [5, 5.41) is 5.81. The number of para-hydroxylation sites is 1. The van der Waals surface area contributed by atoms with E-state index in [1.807, 2.05) is 24.4 Å². The Hall–Kier alpha value is -3.34. The van der Waals surface area contributed by atoms with Crippen LogP contribution in [0.15, 0.2) is 54.4 Å². The van der Waals surface area contributed by atoms with Gasteiger partial charge in [0.2, 0.25) is 0 Å². The molecule has 0 spiro atoms. The van der Waals surface area contributed by atoms with Crippen molar-refractivity contribution in [2.75, 3.05) is 0 Å². The van der Waals surface area contributed by atoms with Crippen LogP contribution < -0.4 is 10.6 Å². The van der Waals surface area contributed by atoms with Crippen LogP contribution in [0.2, 0.25) is 0 Å². The fourth-order valence-electron chi connectivity index (χ4n) is 3.37. The van der Waals surface area contributed by atoms with Crippen LogP contribution in [0, 0.1) is 13.8 Å². The third-order valence-electron chi connectivity index (χ3n) is 4.68. The van der Waals surface area contributed by atoms with Crippen LogP contribution in [0.25, 0.3) is 17.0 Å². The zero-order valence-electron chi connectivity index (χ0n) is 14.7. The van der Waals surface area contributed by atoms with Crippen LogP contribution in [-0.4, -0.2) is 16.5 Å². The first kappa shape index (κ1) is 16.1. The van der Waals surface area contributed by atoms with Gasteiger partial charge in [-0.25, -0.2) is 4.79 Å². The molecule has 2 N–H and O–H groups in total. The van der Waals surface area contributed by atoms with Crippen molar-refractivity contribution < 1.29 is 9.59 Å². The molecule has 1 fully saturated rings. The molecule has 0 radical (unpaired) electrons. The Kier molecular flexibility index (Phi) is 3.84. The van der Waals surface area contributed by atoms with Crippen LogP contribution >= 0.6 is 0 Å². The third-order valence-corrected chi connectivity index (χ3v) is 4.68. The maximum atomic E-state index is 11.8. The number of amides is 3. The average Bonchev–Trinajstić information content (AvgIpc) is 3.11. The number of aryl methyl sites for hydroxylation is 2. The van der Waals surface area contributed by atoms with Gasteiger partial charge in [0.05, 0.1) is 0 Å². The van der Waals surface area contributed by atoms with Gasteiger partial charge in [-0.2, -0.15) is 0 Å². The Balaban J connectivity index is 1.78. The number of fused-ring (bicyclic) bond motifs is 1. The van der Waals surface area contributed by atoms with E-state index < -0.39 is 11.9 Å². The van der Waals surface area contributed by atoms with Crippen molar-refractivity contribution in [3.05, 3.63) is 76.6 Å². The number of benzene rings is 2. The van der Waals surface area contributed by atoms with E-state index in [9.17, 15) is 9.59 Å². The van der Waals surface area contributed by atoms with E-state index in [0.29, 0.717) is 0 Å². The minimum absolute atomic E-state index is 0.268. The Morgan fingerprint density at radius 3 is 2.58 bits per heavy atom. The molecule has 1 saturated heterocycles. The second-order valence-electron chi connectivity index (χ2n) is 6.63. The second kappa shape index (κ2) is 6.19. The lowest BCUT2D eigenvalue weighted by molar-refractivity contribution is -0.115. The second-order valence-corrected chi connectivity index (χ2v) is 6.63. The first-order chi connectivity index (χ1) is 12.5. The number of urea groups is 1. The molecule has 4 rings (SSSR count). The Labute approximate surface area is 151 Å². The summed E-state index contributed by atoms with van der Waals surface area (Å²) in [5.74, 6) is -0.402. The standard InChI is InChI=1S/C21H19N3O2/c1-13-7-8-15(14(2)9-13)11-24-12-16(17-5-3-4-6-19(17)24)10-18-20(25)23-21(26)22-18/h3-10,12H,11H2,1-2H3,(H2,22,23,25,26)/b18-10-. The van der Waals surface area contributed by atoms with Gasteiger partial charge in [-0.1, -0.05) is 42.0 Å². The lowest BCUT2D eigenvalue weighted by Crippen LogP contribution is -2.22. The molecule has 5 heteroatoms. The van der Waals surface area contributed by atoms with Gasteiger partial charge in [0.15, 0.2) is 0 Å². The fraction of sp³-hybridized carbons (Fsp3) is 0.143. The summed E-state index contributed by atoms with van der Waals surface area (Å²) in [6.07, 6.45) is 3.75. The molecule has 0 unspecified atom stereocenters. The Morgan fingerprint density at radius 2 is 1.85 bits per heavy atom. The summed E-state index contributed by atoms with van der Waals surface area (Å²) in [7, 11) is 0. The summed E-state index contributed by atoms with van der Waals surface area (Å²) in [6, 6.07) is 14.0. The summed E-state index contributed by atoms with van der Waals surface area (Å²) in [4.78, 5) is 23.2. The van der Waals surface area contributed by atoms with Gasteiger partial charge in [0.25, 0.3) is 5.91 Å². The van der Waals surface area contributed by atoms with Crippen LogP contribution in [0.4, 0.5) is 4.79 Å². The summed E-state index contributed by atoms with van der Waals surface area (Å²) < 4.78 is 2.17. The summed E-state index contributed by atoms with van der Waals surface area (Å²) >= 11 is 0. The molecule has 1 aliphatic rings. The van der Waals surface area contributed by atoms with Crippen molar-refractivity contribution in [2.45, 2.75) is 20.4 Å². The molecule has 5 nitrogen and oxygen atoms in total. The minimum Gasteiger partial charge on any atom is -0.342 e. The van der Waals surface area contributed by atoms with Gasteiger partial charge in [-0.05, 0) is 37.1 Å². The van der Waals surface area contributed by atoms with Crippen LogP contribution in [0.1, 0.15) is 22.3 Å². The van der Waals surface area contributed by atoms with E-state index in [1.165, 1.54) is 16.7 Å². The molecule has 0 atom stereocenters. The van der Waals surface area contributed by atoms with Gasteiger partial charge >= 0.3 is 6.03 Å². The smallest absolute Gasteiger partial charge is 0.326 e. The van der Waals surface area contributed by atoms with E-state index in [1.54, 1.807) is 6.08 Å². The first-order valence-electron chi connectivity index (χ1n) is 8.49. The van der Waals surface area contributed by atoms with Gasteiger partial charge < -0.3 is 9.88 Å². The molecule has 1 aromatic heterocycles. The topological polar surface area (TPSA) is 63.1 Å². The summed E-state index contributed by atoms with van der Waals surface area (Å²) in [5.41, 5.74) is 6.01. The maximum Gasteiger partial charge on any atom is 0.326 e. The molecular weight excluding hydrogens is 326 g/mol. The highest BCUT2D eigenvalue weighted by atomic mass is 16.2. The van der Waals surface area contributed by atoms with Gasteiger partial charge in [-0.15, -0.1) is 0 Å². The van der Waals surface area contributed by atoms with Crippen molar-refractivity contribution in [3.8, 4) is 0 Å². The van der Waals surface area contributed by atoms with Crippen molar-refractivity contribution in [3.63, 3.8) is 0 Å². The van der Waals surface area contributed by atoms with Gasteiger partial charge in [0.1, 0.15) is 5.70 Å². The quantitative estimate of drug-likeness (QED) is 0.564. The molecule has 2 heterocycles. The Bertz CT molecular complexity index is 1080. The van der Waals surface area contributed by atoms with E-state index in [2.05, 4.69) is 53.3 Å². The van der Waals surface area contributed by atoms with Crippen LogP contribution in [0.5, 0.6) is 0 Å². The number of carbonyl (C=O) groups is 2. The minimum atomic E-state index is -0.486. The molecule has 0 saturated carbocycles. The number of imide groups is 1. The highest BCUT2D eigenvalue weighted by Gasteiger charge is 2.23. The van der Waals surface area contributed by atoms with E-state index in [4.69, 9.17) is 0 Å². The zero-order valence-corrected chi connectivity index (χ0v) is 14.7. The first-order valence-corrected chi connectivity index (χ1v) is 8.49. The lowest BCUT2D eigenvalue weighted by atomic mass is 10.1. The molecule has 3 amide bonds.